The molecule has 1 fully saturated rings. The molecule has 0 radical (unpaired) electrons. The van der Waals surface area contributed by atoms with Gasteiger partial charge in [0.15, 0.2) is 0 Å². The molecule has 0 aliphatic heterocycles. The first-order valence-corrected chi connectivity index (χ1v) is 6.79. The third-order valence-corrected chi connectivity index (χ3v) is 4.09. The Morgan fingerprint density at radius 1 is 1.31 bits per heavy atom. The van der Waals surface area contributed by atoms with E-state index in [2.05, 4.69) is 32.0 Å². The molecule has 0 nitrogen and oxygen atoms in total. The van der Waals surface area contributed by atoms with E-state index in [0.29, 0.717) is 5.38 Å². The summed E-state index contributed by atoms with van der Waals surface area (Å²) in [6.45, 7) is 4.33. The van der Waals surface area contributed by atoms with Gasteiger partial charge in [0.1, 0.15) is 0 Å². The van der Waals surface area contributed by atoms with Gasteiger partial charge < -0.3 is 0 Å². The Morgan fingerprint density at radius 3 is 2.69 bits per heavy atom. The predicted octanol–water partition coefficient (Wildman–Crippen LogP) is 4.64. The minimum absolute atomic E-state index is 0.325. The van der Waals surface area contributed by atoms with E-state index in [1.807, 2.05) is 0 Å². The van der Waals surface area contributed by atoms with E-state index in [-0.39, 0.29) is 0 Å². The highest BCUT2D eigenvalue weighted by atomic mass is 35.5. The molecule has 1 atom stereocenters. The largest absolute Gasteiger partial charge is 0.123 e. The lowest BCUT2D eigenvalue weighted by Crippen LogP contribution is -2.17. The Hall–Kier alpha value is -0.490. The summed E-state index contributed by atoms with van der Waals surface area (Å²) >= 11 is 6.45. The van der Waals surface area contributed by atoms with E-state index in [1.165, 1.54) is 42.4 Å². The van der Waals surface area contributed by atoms with Crippen LogP contribution in [0.15, 0.2) is 18.2 Å². The van der Waals surface area contributed by atoms with Crippen molar-refractivity contribution in [1.82, 2.24) is 0 Å². The fraction of sp³-hybridized carbons (Fsp3) is 0.600. The van der Waals surface area contributed by atoms with Crippen molar-refractivity contribution in [2.75, 3.05) is 0 Å². The van der Waals surface area contributed by atoms with Crippen molar-refractivity contribution >= 4 is 11.6 Å². The van der Waals surface area contributed by atoms with Gasteiger partial charge >= 0.3 is 0 Å². The van der Waals surface area contributed by atoms with Gasteiger partial charge in [-0.15, -0.1) is 11.6 Å². The van der Waals surface area contributed by atoms with Crippen molar-refractivity contribution in [3.63, 3.8) is 0 Å². The minimum Gasteiger partial charge on any atom is -0.123 e. The molecule has 16 heavy (non-hydrogen) atoms. The normalized spacial score (nSPS) is 18.2. The number of hydrogen-bond donors (Lipinski definition) is 0. The smallest absolute Gasteiger partial charge is 0.0379 e. The lowest BCUT2D eigenvalue weighted by Gasteiger charge is -2.27. The summed E-state index contributed by atoms with van der Waals surface area (Å²) < 4.78 is 0. The molecular formula is C15H21Cl. The van der Waals surface area contributed by atoms with Crippen molar-refractivity contribution in [3.05, 3.63) is 34.9 Å². The first kappa shape index (κ1) is 12.0. The second-order valence-electron chi connectivity index (χ2n) is 5.26. The Balaban J connectivity index is 1.93. The standard InChI is InChI=1S/C15H21Cl/c1-11-6-7-12(2)14(8-11)10-15(16)9-13-4-3-5-13/h6-8,13,15H,3-5,9-10H2,1-2H3. The molecule has 1 aromatic rings. The summed E-state index contributed by atoms with van der Waals surface area (Å²) in [5, 5.41) is 0.325. The topological polar surface area (TPSA) is 0 Å². The van der Waals surface area contributed by atoms with Gasteiger partial charge in [-0.1, -0.05) is 43.0 Å². The lowest BCUT2D eigenvalue weighted by molar-refractivity contribution is 0.292. The molecule has 88 valence electrons. The summed E-state index contributed by atoms with van der Waals surface area (Å²) in [5.74, 6) is 0.910. The predicted molar refractivity (Wildman–Crippen MR) is 71.2 cm³/mol. The van der Waals surface area contributed by atoms with Gasteiger partial charge in [0, 0.05) is 5.38 Å². The molecule has 1 aliphatic rings. The second kappa shape index (κ2) is 5.23. The molecule has 0 spiro atoms. The van der Waals surface area contributed by atoms with Crippen LogP contribution < -0.4 is 0 Å². The van der Waals surface area contributed by atoms with Gasteiger partial charge in [0.2, 0.25) is 0 Å². The first-order chi connectivity index (χ1) is 7.65. The van der Waals surface area contributed by atoms with Crippen LogP contribution in [-0.2, 0) is 6.42 Å². The Bertz CT molecular complexity index is 352. The molecule has 0 N–H and O–H groups in total. The van der Waals surface area contributed by atoms with Gasteiger partial charge in [0.25, 0.3) is 0 Å². The third kappa shape index (κ3) is 3.01. The Morgan fingerprint density at radius 2 is 2.06 bits per heavy atom. The lowest BCUT2D eigenvalue weighted by atomic mass is 9.81. The van der Waals surface area contributed by atoms with Crippen molar-refractivity contribution in [3.8, 4) is 0 Å². The Labute approximate surface area is 104 Å². The zero-order valence-electron chi connectivity index (χ0n) is 10.3. The highest BCUT2D eigenvalue weighted by molar-refractivity contribution is 6.20. The van der Waals surface area contributed by atoms with Crippen LogP contribution in [0.1, 0.15) is 42.4 Å². The molecule has 1 unspecified atom stereocenters. The average Bonchev–Trinajstić information content (AvgIpc) is 2.18. The van der Waals surface area contributed by atoms with E-state index in [0.717, 1.165) is 12.3 Å². The first-order valence-electron chi connectivity index (χ1n) is 6.35. The monoisotopic (exact) mass is 236 g/mol. The molecule has 1 saturated carbocycles. The third-order valence-electron chi connectivity index (χ3n) is 3.76. The van der Waals surface area contributed by atoms with E-state index >= 15 is 0 Å². The summed E-state index contributed by atoms with van der Waals surface area (Å²) in [5.41, 5.74) is 4.15. The van der Waals surface area contributed by atoms with E-state index in [4.69, 9.17) is 11.6 Å². The number of halogens is 1. The van der Waals surface area contributed by atoms with Gasteiger partial charge in [-0.25, -0.2) is 0 Å². The van der Waals surface area contributed by atoms with Crippen LogP contribution in [0.3, 0.4) is 0 Å². The highest BCUT2D eigenvalue weighted by Gasteiger charge is 2.21. The molecule has 1 heteroatoms. The van der Waals surface area contributed by atoms with Crippen LogP contribution in [0.25, 0.3) is 0 Å². The van der Waals surface area contributed by atoms with Crippen LogP contribution in [0.2, 0.25) is 0 Å². The van der Waals surface area contributed by atoms with Crippen molar-refractivity contribution < 1.29 is 0 Å². The molecule has 1 aliphatic carbocycles. The summed E-state index contributed by atoms with van der Waals surface area (Å²) in [7, 11) is 0. The number of alkyl halides is 1. The van der Waals surface area contributed by atoms with E-state index in [1.54, 1.807) is 0 Å². The maximum absolute atomic E-state index is 6.45. The molecule has 2 rings (SSSR count). The number of rotatable bonds is 4. The summed E-state index contributed by atoms with van der Waals surface area (Å²) in [6, 6.07) is 6.66. The fourth-order valence-corrected chi connectivity index (χ4v) is 2.85. The van der Waals surface area contributed by atoms with Crippen LogP contribution in [0.4, 0.5) is 0 Å². The summed E-state index contributed by atoms with van der Waals surface area (Å²) in [4.78, 5) is 0. The SMILES string of the molecule is Cc1ccc(C)c(CC(Cl)CC2CCC2)c1. The molecule has 1 aromatic carbocycles. The minimum atomic E-state index is 0.325. The van der Waals surface area contributed by atoms with Gasteiger partial charge in [-0.2, -0.15) is 0 Å². The van der Waals surface area contributed by atoms with Crippen LogP contribution in [0, 0.1) is 19.8 Å². The molecule has 0 aromatic heterocycles. The van der Waals surface area contributed by atoms with Gasteiger partial charge in [0.05, 0.1) is 0 Å². The maximum Gasteiger partial charge on any atom is 0.0379 e. The zero-order valence-corrected chi connectivity index (χ0v) is 11.1. The Kier molecular flexibility index (Phi) is 3.91. The van der Waals surface area contributed by atoms with Gasteiger partial charge in [-0.05, 0) is 43.7 Å². The van der Waals surface area contributed by atoms with Crippen molar-refractivity contribution in [1.29, 1.82) is 0 Å². The van der Waals surface area contributed by atoms with Gasteiger partial charge in [-0.3, -0.25) is 0 Å². The van der Waals surface area contributed by atoms with E-state index in [9.17, 15) is 0 Å². The number of benzene rings is 1. The molecular weight excluding hydrogens is 216 g/mol. The fourth-order valence-electron chi connectivity index (χ4n) is 2.43. The molecule has 0 bridgehead atoms. The second-order valence-corrected chi connectivity index (χ2v) is 5.88. The van der Waals surface area contributed by atoms with Crippen molar-refractivity contribution in [2.24, 2.45) is 5.92 Å². The average molecular weight is 237 g/mol. The number of aryl methyl sites for hydroxylation is 2. The molecule has 0 amide bonds. The van der Waals surface area contributed by atoms with Crippen LogP contribution in [-0.4, -0.2) is 5.38 Å². The molecule has 0 saturated heterocycles. The van der Waals surface area contributed by atoms with Crippen LogP contribution >= 0.6 is 11.6 Å². The maximum atomic E-state index is 6.45. The quantitative estimate of drug-likeness (QED) is 0.668. The summed E-state index contributed by atoms with van der Waals surface area (Å²) in [6.07, 6.45) is 6.45. The molecule has 0 heterocycles. The highest BCUT2D eigenvalue weighted by Crippen LogP contribution is 2.32. The van der Waals surface area contributed by atoms with E-state index < -0.39 is 0 Å². The number of hydrogen-bond acceptors (Lipinski definition) is 0. The van der Waals surface area contributed by atoms with Crippen LogP contribution in [0.5, 0.6) is 0 Å². The van der Waals surface area contributed by atoms with Crippen molar-refractivity contribution in [2.45, 2.75) is 51.3 Å². The zero-order chi connectivity index (χ0) is 11.5.